The van der Waals surface area contributed by atoms with Gasteiger partial charge in [0.05, 0.1) is 0 Å². The van der Waals surface area contributed by atoms with Crippen molar-refractivity contribution in [3.8, 4) is 44.5 Å². The van der Waals surface area contributed by atoms with Gasteiger partial charge in [-0.25, -0.2) is 0 Å². The molecule has 0 saturated heterocycles. The molecule has 0 aromatic heterocycles. The van der Waals surface area contributed by atoms with E-state index in [4.69, 9.17) is 0 Å². The van der Waals surface area contributed by atoms with Crippen LogP contribution in [-0.4, -0.2) is 6.71 Å². The second kappa shape index (κ2) is 13.7. The number of hydrogen-bond donors (Lipinski definition) is 0. The lowest BCUT2D eigenvalue weighted by Gasteiger charge is -2.45. The first-order chi connectivity index (χ1) is 28.3. The van der Waals surface area contributed by atoms with E-state index in [1.165, 1.54) is 83.6 Å². The largest absolute Gasteiger partial charge is 0.311 e. The number of anilines is 6. The first-order valence-corrected chi connectivity index (χ1v) is 19.7. The Balaban J connectivity index is 1.18. The van der Waals surface area contributed by atoms with Crippen LogP contribution >= 0.6 is 0 Å². The number of nitrogens with zero attached hydrogens (tertiary/aromatic N) is 2. The molecule has 57 heavy (non-hydrogen) atoms. The molecule has 0 atom stereocenters. The fourth-order valence-corrected chi connectivity index (χ4v) is 9.08. The molecule has 9 aromatic carbocycles. The molecule has 9 aromatic rings. The lowest BCUT2D eigenvalue weighted by Crippen LogP contribution is -2.61. The summed E-state index contributed by atoms with van der Waals surface area (Å²) in [4.78, 5) is 5.02. The van der Waals surface area contributed by atoms with Gasteiger partial charge in [0.15, 0.2) is 0 Å². The highest BCUT2D eigenvalue weighted by Gasteiger charge is 2.44. The van der Waals surface area contributed by atoms with Crippen molar-refractivity contribution in [2.24, 2.45) is 0 Å². The smallest absolute Gasteiger partial charge is 0.252 e. The van der Waals surface area contributed by atoms with Gasteiger partial charge in [-0.15, -0.1) is 0 Å². The Morgan fingerprint density at radius 1 is 0.281 bits per heavy atom. The number of hydrogen-bond acceptors (Lipinski definition) is 2. The Morgan fingerprint density at radius 2 is 0.772 bits per heavy atom. The van der Waals surface area contributed by atoms with Gasteiger partial charge in [0.25, 0.3) is 6.71 Å². The van der Waals surface area contributed by atoms with E-state index in [1.807, 2.05) is 0 Å². The van der Waals surface area contributed by atoms with Crippen LogP contribution in [0.25, 0.3) is 44.5 Å². The van der Waals surface area contributed by atoms with Crippen LogP contribution in [0.5, 0.6) is 0 Å². The minimum absolute atomic E-state index is 0.0167. The van der Waals surface area contributed by atoms with E-state index < -0.39 is 0 Å². The molecule has 0 bridgehead atoms. The standard InChI is InChI=1S/C54H37BN2/c1-5-16-38(17-6-1)41-30-33-45(34-31-41)57-51-29-15-28-50-53(51)55(49-27-14-26-47(54(49)57)42-22-11-4-12-23-42)48-35-32-44(40-20-9-3-10-21-40)37-52(48)56(50)46-25-13-24-43(36-46)39-18-7-2-8-19-39/h1-37H. The molecule has 0 unspecified atom stereocenters. The van der Waals surface area contributed by atoms with E-state index in [2.05, 4.69) is 234 Å². The zero-order chi connectivity index (χ0) is 37.7. The van der Waals surface area contributed by atoms with Gasteiger partial charge in [-0.3, -0.25) is 0 Å². The molecule has 2 nitrogen and oxygen atoms in total. The Labute approximate surface area is 334 Å². The summed E-state index contributed by atoms with van der Waals surface area (Å²) in [6, 6.07) is 82.0. The van der Waals surface area contributed by atoms with E-state index in [0.717, 1.165) is 11.4 Å². The molecular formula is C54H37BN2. The average molecular weight is 725 g/mol. The van der Waals surface area contributed by atoms with E-state index in [-0.39, 0.29) is 6.71 Å². The van der Waals surface area contributed by atoms with Crippen molar-refractivity contribution in [3.63, 3.8) is 0 Å². The van der Waals surface area contributed by atoms with Gasteiger partial charge in [-0.05, 0) is 97.8 Å². The molecule has 2 aliphatic heterocycles. The van der Waals surface area contributed by atoms with E-state index in [9.17, 15) is 0 Å². The summed E-state index contributed by atoms with van der Waals surface area (Å²) < 4.78 is 0. The third-order valence-electron chi connectivity index (χ3n) is 11.7. The first kappa shape index (κ1) is 33.0. The molecule has 2 heterocycles. The predicted molar refractivity (Wildman–Crippen MR) is 242 cm³/mol. The van der Waals surface area contributed by atoms with Gasteiger partial charge in [-0.1, -0.05) is 182 Å². The van der Waals surface area contributed by atoms with Crippen LogP contribution < -0.4 is 26.2 Å². The fraction of sp³-hybridized carbons (Fsp3) is 0. The third-order valence-corrected chi connectivity index (χ3v) is 11.7. The van der Waals surface area contributed by atoms with Crippen LogP contribution in [-0.2, 0) is 0 Å². The molecule has 11 rings (SSSR count). The van der Waals surface area contributed by atoms with Gasteiger partial charge < -0.3 is 9.80 Å². The van der Waals surface area contributed by atoms with E-state index in [0.29, 0.717) is 0 Å². The zero-order valence-electron chi connectivity index (χ0n) is 31.3. The highest BCUT2D eigenvalue weighted by Crippen LogP contribution is 2.47. The molecule has 2 aliphatic rings. The molecule has 3 heteroatoms. The number of rotatable bonds is 6. The van der Waals surface area contributed by atoms with E-state index >= 15 is 0 Å². The van der Waals surface area contributed by atoms with Gasteiger partial charge in [0.1, 0.15) is 0 Å². The van der Waals surface area contributed by atoms with Crippen LogP contribution in [0.1, 0.15) is 0 Å². The maximum Gasteiger partial charge on any atom is 0.252 e. The summed E-state index contributed by atoms with van der Waals surface area (Å²) in [6.45, 7) is 0.0167. The van der Waals surface area contributed by atoms with Gasteiger partial charge in [-0.2, -0.15) is 0 Å². The second-order valence-corrected chi connectivity index (χ2v) is 14.9. The third kappa shape index (κ3) is 5.59. The van der Waals surface area contributed by atoms with Crippen molar-refractivity contribution < 1.29 is 0 Å². The summed E-state index contributed by atoms with van der Waals surface area (Å²) in [6.07, 6.45) is 0. The van der Waals surface area contributed by atoms with Crippen molar-refractivity contribution in [1.82, 2.24) is 0 Å². The van der Waals surface area contributed by atoms with Crippen LogP contribution in [0.2, 0.25) is 0 Å². The predicted octanol–water partition coefficient (Wildman–Crippen LogP) is 12.4. The van der Waals surface area contributed by atoms with E-state index in [1.54, 1.807) is 0 Å². The molecule has 0 fully saturated rings. The second-order valence-electron chi connectivity index (χ2n) is 14.9. The van der Waals surface area contributed by atoms with Crippen LogP contribution in [0.3, 0.4) is 0 Å². The molecule has 0 radical (unpaired) electrons. The lowest BCUT2D eigenvalue weighted by molar-refractivity contribution is 1.25. The van der Waals surface area contributed by atoms with Crippen LogP contribution in [0.15, 0.2) is 224 Å². The SMILES string of the molecule is c1ccc(-c2ccc(N3c4cccc5c4B(c4ccc(-c6ccccc6)cc4N5c4cccc(-c5ccccc5)c4)c4cccc(-c5ccccc5)c43)cc2)cc1. The molecule has 0 amide bonds. The first-order valence-electron chi connectivity index (χ1n) is 19.7. The Hall–Kier alpha value is -7.36. The minimum Gasteiger partial charge on any atom is -0.311 e. The maximum absolute atomic E-state index is 2.52. The zero-order valence-corrected chi connectivity index (χ0v) is 31.3. The average Bonchev–Trinajstić information content (AvgIpc) is 3.30. The van der Waals surface area contributed by atoms with Crippen LogP contribution in [0.4, 0.5) is 34.1 Å². The lowest BCUT2D eigenvalue weighted by atomic mass is 9.33. The highest BCUT2D eigenvalue weighted by atomic mass is 15.2. The quantitative estimate of drug-likeness (QED) is 0.158. The van der Waals surface area contributed by atoms with Gasteiger partial charge in [0.2, 0.25) is 0 Å². The number of benzene rings is 9. The molecule has 266 valence electrons. The van der Waals surface area contributed by atoms with Crippen molar-refractivity contribution >= 4 is 57.2 Å². The normalized spacial score (nSPS) is 12.5. The monoisotopic (exact) mass is 724 g/mol. The van der Waals surface area contributed by atoms with Crippen molar-refractivity contribution in [2.75, 3.05) is 9.80 Å². The number of para-hydroxylation sites is 1. The van der Waals surface area contributed by atoms with Gasteiger partial charge >= 0.3 is 0 Å². The minimum atomic E-state index is 0.0167. The molecule has 0 aliphatic carbocycles. The van der Waals surface area contributed by atoms with Crippen molar-refractivity contribution in [2.45, 2.75) is 0 Å². The molecule has 0 saturated carbocycles. The van der Waals surface area contributed by atoms with Crippen molar-refractivity contribution in [1.29, 1.82) is 0 Å². The maximum atomic E-state index is 2.52. The summed E-state index contributed by atoms with van der Waals surface area (Å²) in [5.74, 6) is 0. The Bertz CT molecular complexity index is 2890. The van der Waals surface area contributed by atoms with Crippen molar-refractivity contribution in [3.05, 3.63) is 224 Å². The summed E-state index contributed by atoms with van der Waals surface area (Å²) in [7, 11) is 0. The highest BCUT2D eigenvalue weighted by molar-refractivity contribution is 7.00. The van der Waals surface area contributed by atoms with Crippen LogP contribution in [0, 0.1) is 0 Å². The molecule has 0 N–H and O–H groups in total. The summed E-state index contributed by atoms with van der Waals surface area (Å²) in [5, 5.41) is 0. The number of fused-ring (bicyclic) bond motifs is 4. The summed E-state index contributed by atoms with van der Waals surface area (Å²) >= 11 is 0. The Morgan fingerprint density at radius 3 is 1.42 bits per heavy atom. The van der Waals surface area contributed by atoms with Gasteiger partial charge in [0, 0.05) is 39.7 Å². The Kier molecular flexibility index (Phi) is 7.96. The molecular weight excluding hydrogens is 687 g/mol. The topological polar surface area (TPSA) is 6.48 Å². The summed E-state index contributed by atoms with van der Waals surface area (Å²) in [5.41, 5.74) is 20.6. The fourth-order valence-electron chi connectivity index (χ4n) is 9.08. The molecule has 0 spiro atoms.